The minimum atomic E-state index is -0.393. The number of benzene rings is 2. The van der Waals surface area contributed by atoms with Gasteiger partial charge in [-0.1, -0.05) is 47.0 Å². The lowest BCUT2D eigenvalue weighted by atomic mass is 9.63. The number of nitrogens with zero attached hydrogens (tertiary/aromatic N) is 2. The molecule has 1 heterocycles. The molecule has 2 saturated carbocycles. The Kier molecular flexibility index (Phi) is 4.88. The predicted octanol–water partition coefficient (Wildman–Crippen LogP) is 5.30. The molecule has 168 valence electrons. The highest BCUT2D eigenvalue weighted by Crippen LogP contribution is 2.65. The van der Waals surface area contributed by atoms with Gasteiger partial charge in [-0.05, 0) is 72.6 Å². The lowest BCUT2D eigenvalue weighted by molar-refractivity contribution is -0.140. The topological polar surface area (TPSA) is 57.7 Å². The van der Waals surface area contributed by atoms with Crippen LogP contribution in [0.25, 0.3) is 0 Å². The van der Waals surface area contributed by atoms with Gasteiger partial charge in [-0.25, -0.2) is 0 Å². The van der Waals surface area contributed by atoms with Gasteiger partial charge in [0.15, 0.2) is 0 Å². The van der Waals surface area contributed by atoms with Crippen molar-refractivity contribution in [3.05, 3.63) is 75.2 Å². The van der Waals surface area contributed by atoms with Crippen molar-refractivity contribution in [2.45, 2.75) is 6.42 Å². The third kappa shape index (κ3) is 3.24. The molecule has 5 nitrogen and oxygen atoms in total. The van der Waals surface area contributed by atoms with Crippen molar-refractivity contribution in [2.24, 2.45) is 35.5 Å². The maximum Gasteiger partial charge on any atom is 0.259 e. The summed E-state index contributed by atoms with van der Waals surface area (Å²) >= 11 is 18.2. The summed E-state index contributed by atoms with van der Waals surface area (Å²) in [6.07, 6.45) is 5.36. The summed E-state index contributed by atoms with van der Waals surface area (Å²) in [7, 11) is 0. The van der Waals surface area contributed by atoms with Gasteiger partial charge >= 0.3 is 0 Å². The standard InChI is InChI=1S/C25H19Cl3N2O3/c26-13-2-4-14(5-3-13)29(23(31)12-1-8-19(27)20(28)9-12)11-30-24(32)21-15-6-7-16(18-10-17(15)18)22(21)25(30)33/h1-9,15-18,21-22H,10-11H2/t15-,16-,17-,18-,21+,22+/m1/s1. The van der Waals surface area contributed by atoms with E-state index in [-0.39, 0.29) is 47.2 Å². The van der Waals surface area contributed by atoms with Crippen LogP contribution in [0.15, 0.2) is 54.6 Å². The van der Waals surface area contributed by atoms with Crippen LogP contribution in [0.2, 0.25) is 15.1 Å². The molecule has 2 bridgehead atoms. The summed E-state index contributed by atoms with van der Waals surface area (Å²) < 4.78 is 0. The second-order valence-electron chi connectivity index (χ2n) is 9.24. The Hall–Kier alpha value is -2.34. The van der Waals surface area contributed by atoms with E-state index in [1.54, 1.807) is 36.4 Å². The second kappa shape index (κ2) is 7.59. The molecular formula is C25H19Cl3N2O3. The minimum Gasteiger partial charge on any atom is -0.290 e. The molecule has 3 fully saturated rings. The van der Waals surface area contributed by atoms with Crippen molar-refractivity contribution < 1.29 is 14.4 Å². The van der Waals surface area contributed by atoms with Gasteiger partial charge in [0.1, 0.15) is 6.67 Å². The number of hydrogen-bond acceptors (Lipinski definition) is 3. The highest BCUT2D eigenvalue weighted by molar-refractivity contribution is 6.42. The zero-order valence-electron chi connectivity index (χ0n) is 17.3. The number of amides is 3. The molecule has 5 aliphatic rings. The van der Waals surface area contributed by atoms with Crippen LogP contribution in [-0.4, -0.2) is 29.3 Å². The van der Waals surface area contributed by atoms with E-state index >= 15 is 0 Å². The molecule has 1 aliphatic heterocycles. The van der Waals surface area contributed by atoms with Crippen molar-refractivity contribution in [3.63, 3.8) is 0 Å². The van der Waals surface area contributed by atoms with Crippen molar-refractivity contribution in [1.29, 1.82) is 0 Å². The number of rotatable bonds is 4. The first kappa shape index (κ1) is 21.2. The van der Waals surface area contributed by atoms with Crippen LogP contribution in [0.5, 0.6) is 0 Å². The summed E-state index contributed by atoms with van der Waals surface area (Å²) in [5.74, 6) is -0.109. The van der Waals surface area contributed by atoms with Gasteiger partial charge in [0.25, 0.3) is 5.91 Å². The fourth-order valence-electron chi connectivity index (χ4n) is 5.97. The average Bonchev–Trinajstić information content (AvgIpc) is 3.59. The van der Waals surface area contributed by atoms with Crippen molar-refractivity contribution >= 4 is 58.2 Å². The molecular weight excluding hydrogens is 483 g/mol. The molecule has 0 spiro atoms. The lowest BCUT2D eigenvalue weighted by Crippen LogP contribution is -2.45. The maximum absolute atomic E-state index is 13.5. The van der Waals surface area contributed by atoms with Gasteiger partial charge in [0.05, 0.1) is 21.9 Å². The van der Waals surface area contributed by atoms with E-state index in [9.17, 15) is 14.4 Å². The summed E-state index contributed by atoms with van der Waals surface area (Å²) in [6, 6.07) is 11.3. The number of hydrogen-bond donors (Lipinski definition) is 0. The largest absolute Gasteiger partial charge is 0.290 e. The predicted molar refractivity (Wildman–Crippen MR) is 126 cm³/mol. The Labute approximate surface area is 205 Å². The summed E-state index contributed by atoms with van der Waals surface area (Å²) in [6.45, 7) is -0.167. The van der Waals surface area contributed by atoms with Crippen molar-refractivity contribution in [1.82, 2.24) is 4.90 Å². The summed E-state index contributed by atoms with van der Waals surface area (Å²) in [5.41, 5.74) is 0.828. The van der Waals surface area contributed by atoms with Gasteiger partial charge in [-0.3, -0.25) is 24.2 Å². The number of carbonyl (C=O) groups is 3. The van der Waals surface area contributed by atoms with Gasteiger partial charge < -0.3 is 0 Å². The first-order chi connectivity index (χ1) is 15.8. The molecule has 0 N–H and O–H groups in total. The van der Waals surface area contributed by atoms with Crippen LogP contribution < -0.4 is 4.90 Å². The summed E-state index contributed by atoms with van der Waals surface area (Å²) in [5, 5.41) is 1.10. The van der Waals surface area contributed by atoms with Crippen LogP contribution in [0.3, 0.4) is 0 Å². The zero-order valence-corrected chi connectivity index (χ0v) is 19.6. The molecule has 4 aliphatic carbocycles. The highest BCUT2D eigenvalue weighted by Gasteiger charge is 2.67. The average molecular weight is 502 g/mol. The number of carbonyl (C=O) groups excluding carboxylic acids is 3. The number of halogens is 3. The fourth-order valence-corrected chi connectivity index (χ4v) is 6.39. The number of anilines is 1. The van der Waals surface area contributed by atoms with E-state index < -0.39 is 5.91 Å². The number of imide groups is 1. The molecule has 1 saturated heterocycles. The van der Waals surface area contributed by atoms with Crippen molar-refractivity contribution in [3.8, 4) is 0 Å². The Morgan fingerprint density at radius 1 is 0.879 bits per heavy atom. The van der Waals surface area contributed by atoms with Crippen LogP contribution >= 0.6 is 34.8 Å². The zero-order chi connectivity index (χ0) is 23.0. The van der Waals surface area contributed by atoms with Crippen molar-refractivity contribution in [2.75, 3.05) is 11.6 Å². The van der Waals surface area contributed by atoms with Gasteiger partial charge in [-0.15, -0.1) is 0 Å². The van der Waals surface area contributed by atoms with Gasteiger partial charge in [0.2, 0.25) is 11.8 Å². The number of likely N-dealkylation sites (tertiary alicyclic amines) is 1. The third-order valence-electron chi connectivity index (χ3n) is 7.59. The van der Waals surface area contributed by atoms with E-state index in [1.807, 2.05) is 0 Å². The fraction of sp³-hybridized carbons (Fsp3) is 0.320. The molecule has 3 amide bonds. The van der Waals surface area contributed by atoms with E-state index in [4.69, 9.17) is 34.8 Å². The SMILES string of the molecule is O=C1[C@H]2[C@@H]3C=C[C@H]([C@H]4C[C@H]34)[C@@H]2C(=O)N1CN(C(=O)c1ccc(Cl)c(Cl)c1)c1ccc(Cl)cc1. The first-order valence-electron chi connectivity index (χ1n) is 10.9. The highest BCUT2D eigenvalue weighted by atomic mass is 35.5. The Morgan fingerprint density at radius 3 is 2.06 bits per heavy atom. The monoisotopic (exact) mass is 500 g/mol. The normalized spacial score (nSPS) is 30.9. The van der Waals surface area contributed by atoms with Crippen LogP contribution in [0.1, 0.15) is 16.8 Å². The van der Waals surface area contributed by atoms with Gasteiger partial charge in [0, 0.05) is 16.3 Å². The molecule has 33 heavy (non-hydrogen) atoms. The lowest BCUT2D eigenvalue weighted by Gasteiger charge is -2.37. The molecule has 0 aromatic heterocycles. The van der Waals surface area contributed by atoms with Crippen LogP contribution in [0.4, 0.5) is 5.69 Å². The molecule has 7 rings (SSSR count). The van der Waals surface area contributed by atoms with E-state index in [2.05, 4.69) is 12.2 Å². The third-order valence-corrected chi connectivity index (χ3v) is 8.58. The molecule has 2 aromatic carbocycles. The smallest absolute Gasteiger partial charge is 0.259 e. The molecule has 0 unspecified atom stereocenters. The Bertz CT molecular complexity index is 1190. The first-order valence-corrected chi connectivity index (χ1v) is 12.0. The van der Waals surface area contributed by atoms with E-state index in [0.29, 0.717) is 33.1 Å². The van der Waals surface area contributed by atoms with Crippen LogP contribution in [-0.2, 0) is 9.59 Å². The van der Waals surface area contributed by atoms with Crippen LogP contribution in [0, 0.1) is 35.5 Å². The number of allylic oxidation sites excluding steroid dienone is 2. The van der Waals surface area contributed by atoms with Gasteiger partial charge in [-0.2, -0.15) is 0 Å². The molecule has 6 atom stereocenters. The maximum atomic E-state index is 13.5. The summed E-state index contributed by atoms with van der Waals surface area (Å²) in [4.78, 5) is 43.1. The minimum absolute atomic E-state index is 0.126. The van der Waals surface area contributed by atoms with E-state index in [1.165, 1.54) is 15.9 Å². The molecule has 8 heteroatoms. The molecule has 0 radical (unpaired) electrons. The Balaban J connectivity index is 1.34. The Morgan fingerprint density at radius 2 is 1.48 bits per heavy atom. The molecule has 2 aromatic rings. The van der Waals surface area contributed by atoms with E-state index in [0.717, 1.165) is 6.42 Å². The quantitative estimate of drug-likeness (QED) is 0.422. The second-order valence-corrected chi connectivity index (χ2v) is 10.5.